The monoisotopic (exact) mass is 500 g/mol. The van der Waals surface area contributed by atoms with E-state index in [-0.39, 0.29) is 5.82 Å². The lowest BCUT2D eigenvalue weighted by atomic mass is 10.2. The molecule has 3 aromatic rings. The highest BCUT2D eigenvalue weighted by molar-refractivity contribution is 9.10. The fraction of sp³-hybridized carbons (Fsp3) is 0.200. The van der Waals surface area contributed by atoms with Gasteiger partial charge in [-0.1, -0.05) is 33.8 Å². The number of aliphatic hydroxyl groups is 1. The summed E-state index contributed by atoms with van der Waals surface area (Å²) in [5.41, 5.74) is 7.97. The summed E-state index contributed by atoms with van der Waals surface area (Å²) in [5, 5.41) is 13.3. The largest absolute Gasteiger partial charge is 0.398 e. The average molecular weight is 501 g/mol. The fourth-order valence-electron chi connectivity index (χ4n) is 2.20. The van der Waals surface area contributed by atoms with E-state index in [0.29, 0.717) is 26.9 Å². The number of fused-ring (bicyclic) bond motifs is 1. The first-order valence-electron chi connectivity index (χ1n) is 8.73. The summed E-state index contributed by atoms with van der Waals surface area (Å²) in [6.07, 6.45) is -0.728. The lowest BCUT2D eigenvalue weighted by Crippen LogP contribution is -2.10. The topological polar surface area (TPSA) is 84.1 Å². The van der Waals surface area contributed by atoms with Gasteiger partial charge in [-0.25, -0.2) is 23.1 Å². The second-order valence-corrected chi connectivity index (χ2v) is 7.91. The van der Waals surface area contributed by atoms with Crippen molar-refractivity contribution in [3.63, 3.8) is 0 Å². The third kappa shape index (κ3) is 6.61. The quantitative estimate of drug-likeness (QED) is 0.289. The highest BCUT2D eigenvalue weighted by Gasteiger charge is 2.11. The summed E-state index contributed by atoms with van der Waals surface area (Å²) >= 11 is 4.79. The van der Waals surface area contributed by atoms with Gasteiger partial charge < -0.3 is 16.2 Å². The Bertz CT molecular complexity index is 1030. The Hall–Kier alpha value is -2.30. The van der Waals surface area contributed by atoms with Gasteiger partial charge in [0, 0.05) is 20.7 Å². The van der Waals surface area contributed by atoms with Crippen LogP contribution in [0, 0.1) is 5.82 Å². The Morgan fingerprint density at radius 3 is 2.57 bits per heavy atom. The molecule has 0 aliphatic rings. The summed E-state index contributed by atoms with van der Waals surface area (Å²) in [5.74, 6) is 0.0261. The van der Waals surface area contributed by atoms with Crippen LogP contribution in [-0.4, -0.2) is 27.6 Å². The molecule has 0 bridgehead atoms. The van der Waals surface area contributed by atoms with Gasteiger partial charge in [0.15, 0.2) is 0 Å². The highest BCUT2D eigenvalue weighted by Crippen LogP contribution is 2.32. The zero-order valence-corrected chi connectivity index (χ0v) is 18.5. The summed E-state index contributed by atoms with van der Waals surface area (Å²) in [7, 11) is 0. The molecule has 0 saturated heterocycles. The summed E-state index contributed by atoms with van der Waals surface area (Å²) in [6.45, 7) is 2.99. The number of nitrogen functional groups attached to an aromatic ring is 1. The van der Waals surface area contributed by atoms with E-state index in [1.807, 2.05) is 36.6 Å². The van der Waals surface area contributed by atoms with E-state index in [2.05, 4.69) is 31.2 Å². The maximum atomic E-state index is 14.3. The number of nitrogens with one attached hydrogen (secondary N) is 1. The lowest BCUT2D eigenvalue weighted by molar-refractivity contribution is 0.00720. The number of aliphatic hydroxyl groups excluding tert-OH is 1. The molecule has 0 aliphatic heterocycles. The smallest absolute Gasteiger partial charge is 0.263 e. The number of anilines is 3. The van der Waals surface area contributed by atoms with Gasteiger partial charge in [0.05, 0.1) is 10.9 Å². The number of thioether (sulfide) groups is 1. The Kier molecular flexibility index (Phi) is 8.94. The average Bonchev–Trinajstić information content (AvgIpc) is 2.68. The first kappa shape index (κ1) is 24.0. The van der Waals surface area contributed by atoms with E-state index in [0.717, 1.165) is 17.5 Å². The summed E-state index contributed by atoms with van der Waals surface area (Å²) in [6, 6.07) is 8.70. The number of aromatic nitrogens is 2. The molecule has 30 heavy (non-hydrogen) atoms. The predicted molar refractivity (Wildman–Crippen MR) is 120 cm³/mol. The molecule has 1 atom stereocenters. The molecule has 5 nitrogen and oxygen atoms in total. The summed E-state index contributed by atoms with van der Waals surface area (Å²) in [4.78, 5) is 9.22. The first-order valence-corrected chi connectivity index (χ1v) is 10.4. The molecule has 10 heteroatoms. The van der Waals surface area contributed by atoms with Crippen LogP contribution in [0.2, 0.25) is 0 Å². The minimum absolute atomic E-state index is 0.347. The fourth-order valence-corrected chi connectivity index (χ4v) is 3.30. The molecule has 0 amide bonds. The van der Waals surface area contributed by atoms with Gasteiger partial charge in [-0.05, 0) is 49.6 Å². The Morgan fingerprint density at radius 1 is 1.23 bits per heavy atom. The molecule has 1 unspecified atom stereocenters. The Balaban J connectivity index is 0.000000469. The van der Waals surface area contributed by atoms with Crippen molar-refractivity contribution >= 4 is 55.8 Å². The number of hydrogen-bond donors (Lipinski definition) is 3. The van der Waals surface area contributed by atoms with Gasteiger partial charge in [-0.15, -0.1) is 0 Å². The van der Waals surface area contributed by atoms with Gasteiger partial charge in [-0.3, -0.25) is 0 Å². The number of nitrogens with zero attached hydrogens (tertiary/aromatic N) is 2. The van der Waals surface area contributed by atoms with E-state index < -0.39 is 12.5 Å². The molecule has 3 rings (SSSR count). The van der Waals surface area contributed by atoms with Crippen LogP contribution < -0.4 is 11.1 Å². The van der Waals surface area contributed by atoms with Crippen LogP contribution in [0.5, 0.6) is 0 Å². The highest BCUT2D eigenvalue weighted by atomic mass is 79.9. The van der Waals surface area contributed by atoms with Crippen LogP contribution in [-0.2, 0) is 0 Å². The third-order valence-electron chi connectivity index (χ3n) is 3.63. The van der Waals surface area contributed by atoms with Crippen molar-refractivity contribution in [2.24, 2.45) is 0 Å². The van der Waals surface area contributed by atoms with Crippen molar-refractivity contribution in [1.82, 2.24) is 9.97 Å². The molecular weight excluding hydrogens is 481 g/mol. The van der Waals surface area contributed by atoms with Crippen molar-refractivity contribution < 1.29 is 18.3 Å². The number of benzene rings is 2. The van der Waals surface area contributed by atoms with Gasteiger partial charge in [0.1, 0.15) is 24.1 Å². The third-order valence-corrected chi connectivity index (χ3v) is 5.10. The molecule has 2 aromatic carbocycles. The Labute approximate surface area is 184 Å². The van der Waals surface area contributed by atoms with Crippen LogP contribution in [0.15, 0.2) is 57.5 Å². The second-order valence-electron chi connectivity index (χ2n) is 6.04. The minimum atomic E-state index is -2.59. The van der Waals surface area contributed by atoms with Crippen LogP contribution in [0.1, 0.15) is 13.8 Å². The molecular formula is C20H20BrF3N4OS. The maximum absolute atomic E-state index is 14.3. The SMILES string of the molecule is C/C=C\Sc1cc(Nc2ncnc3cc(Br)cc(F)c23)ccc1N.CC(O)C(F)F. The van der Waals surface area contributed by atoms with Gasteiger partial charge in [0.2, 0.25) is 0 Å². The molecule has 160 valence electrons. The molecule has 0 radical (unpaired) electrons. The molecule has 0 saturated carbocycles. The molecule has 0 spiro atoms. The number of halogens is 4. The molecule has 4 N–H and O–H groups in total. The van der Waals surface area contributed by atoms with Gasteiger partial charge in [0.25, 0.3) is 6.43 Å². The van der Waals surface area contributed by atoms with Crippen molar-refractivity contribution in [3.8, 4) is 0 Å². The van der Waals surface area contributed by atoms with Crippen LogP contribution in [0.4, 0.5) is 30.4 Å². The van der Waals surface area contributed by atoms with Crippen LogP contribution in [0.3, 0.4) is 0 Å². The molecule has 1 aromatic heterocycles. The van der Waals surface area contributed by atoms with E-state index in [1.54, 1.807) is 6.07 Å². The lowest BCUT2D eigenvalue weighted by Gasteiger charge is -2.11. The number of allylic oxidation sites excluding steroid dienone is 1. The van der Waals surface area contributed by atoms with E-state index in [9.17, 15) is 13.2 Å². The number of hydrogen-bond acceptors (Lipinski definition) is 6. The Morgan fingerprint density at radius 2 is 1.93 bits per heavy atom. The van der Waals surface area contributed by atoms with Crippen LogP contribution in [0.25, 0.3) is 10.9 Å². The number of alkyl halides is 2. The zero-order valence-electron chi connectivity index (χ0n) is 16.1. The second kappa shape index (κ2) is 11.2. The zero-order chi connectivity index (χ0) is 22.3. The normalized spacial score (nSPS) is 12.1. The summed E-state index contributed by atoms with van der Waals surface area (Å²) < 4.78 is 36.8. The van der Waals surface area contributed by atoms with E-state index in [4.69, 9.17) is 10.8 Å². The standard InChI is InChI=1S/C17H14BrFN4S.C3H6F2O/c1-2-5-24-15-8-11(3-4-13(15)20)23-17-16-12(19)6-10(18)7-14(16)21-9-22-17;1-2(6)3(4)5/h2-9H,20H2,1H3,(H,21,22,23);2-3,6H,1H3/b5-2-;. The number of rotatable bonds is 5. The van der Waals surface area contributed by atoms with Crippen molar-refractivity contribution in [1.29, 1.82) is 0 Å². The van der Waals surface area contributed by atoms with Gasteiger partial charge in [-0.2, -0.15) is 0 Å². The van der Waals surface area contributed by atoms with E-state index in [1.165, 1.54) is 24.2 Å². The number of nitrogens with two attached hydrogens (primary N) is 1. The minimum Gasteiger partial charge on any atom is -0.398 e. The molecule has 0 fully saturated rings. The van der Waals surface area contributed by atoms with Crippen molar-refractivity contribution in [2.75, 3.05) is 11.1 Å². The van der Waals surface area contributed by atoms with Crippen LogP contribution >= 0.6 is 27.7 Å². The molecule has 1 heterocycles. The van der Waals surface area contributed by atoms with Crippen molar-refractivity contribution in [3.05, 3.63) is 58.4 Å². The van der Waals surface area contributed by atoms with Gasteiger partial charge >= 0.3 is 0 Å². The van der Waals surface area contributed by atoms with E-state index >= 15 is 0 Å². The first-order chi connectivity index (χ1) is 14.2. The molecule has 0 aliphatic carbocycles. The van der Waals surface area contributed by atoms with Crippen molar-refractivity contribution in [2.45, 2.75) is 31.3 Å². The maximum Gasteiger partial charge on any atom is 0.263 e. The predicted octanol–water partition coefficient (Wildman–Crippen LogP) is 6.12.